The number of benzene rings is 3. The third kappa shape index (κ3) is 7.22. The molecule has 3 rings (SSSR count). The van der Waals surface area contributed by atoms with Gasteiger partial charge in [0.25, 0.3) is 0 Å². The molecule has 37 heavy (non-hydrogen) atoms. The highest BCUT2D eigenvalue weighted by molar-refractivity contribution is 5.52. The maximum atomic E-state index is 14.0. The van der Waals surface area contributed by atoms with Crippen molar-refractivity contribution in [1.82, 2.24) is 0 Å². The van der Waals surface area contributed by atoms with E-state index in [2.05, 4.69) is 13.8 Å². The van der Waals surface area contributed by atoms with Crippen molar-refractivity contribution in [3.8, 4) is 11.5 Å². The predicted octanol–water partition coefficient (Wildman–Crippen LogP) is 8.28. The zero-order valence-corrected chi connectivity index (χ0v) is 21.3. The molecule has 0 saturated heterocycles. The number of anilines is 1. The molecule has 3 aromatic carbocycles. The fourth-order valence-corrected chi connectivity index (χ4v) is 3.76. The topological polar surface area (TPSA) is 32.7 Å². The van der Waals surface area contributed by atoms with Crippen LogP contribution in [0.4, 0.5) is 27.6 Å². The molecule has 1 atom stereocenters. The molecule has 0 bridgehead atoms. The minimum atomic E-state index is -5.70. The van der Waals surface area contributed by atoms with Crippen molar-refractivity contribution < 1.29 is 31.8 Å². The highest BCUT2D eigenvalue weighted by atomic mass is 19.4. The second-order valence-electron chi connectivity index (χ2n) is 9.79. The van der Waals surface area contributed by atoms with Gasteiger partial charge in [-0.3, -0.25) is 0 Å². The highest BCUT2D eigenvalue weighted by Crippen LogP contribution is 2.44. The van der Waals surface area contributed by atoms with Crippen LogP contribution in [0.1, 0.15) is 50.3 Å². The van der Waals surface area contributed by atoms with Gasteiger partial charge >= 0.3 is 12.1 Å². The third-order valence-electron chi connectivity index (χ3n) is 6.14. The van der Waals surface area contributed by atoms with Crippen molar-refractivity contribution in [2.45, 2.75) is 58.4 Å². The van der Waals surface area contributed by atoms with E-state index in [-0.39, 0.29) is 24.6 Å². The van der Waals surface area contributed by atoms with Crippen molar-refractivity contribution in [3.05, 3.63) is 89.5 Å². The number of alkyl halides is 5. The van der Waals surface area contributed by atoms with Crippen LogP contribution in [-0.2, 0) is 12.5 Å². The number of nitrogens with zero attached hydrogens (tertiary/aromatic N) is 1. The van der Waals surface area contributed by atoms with Gasteiger partial charge in [0.1, 0.15) is 11.5 Å². The molecular weight excluding hydrogens is 489 g/mol. The van der Waals surface area contributed by atoms with Crippen LogP contribution >= 0.6 is 0 Å². The molecule has 0 amide bonds. The summed E-state index contributed by atoms with van der Waals surface area (Å²) in [5.41, 5.74) is 0.883. The molecule has 0 heterocycles. The molecule has 1 unspecified atom stereocenters. The van der Waals surface area contributed by atoms with Gasteiger partial charge in [-0.25, -0.2) is 0 Å². The first-order valence-corrected chi connectivity index (χ1v) is 12.1. The fraction of sp³-hybridized carbons (Fsp3) is 0.379. The maximum absolute atomic E-state index is 14.0. The number of hydrogen-bond donors (Lipinski definition) is 1. The third-order valence-corrected chi connectivity index (χ3v) is 6.14. The lowest BCUT2D eigenvalue weighted by molar-refractivity contribution is -0.289. The van der Waals surface area contributed by atoms with E-state index in [1.807, 2.05) is 38.1 Å². The summed E-state index contributed by atoms with van der Waals surface area (Å²) in [5.74, 6) is -3.56. The normalized spacial score (nSPS) is 13.2. The zero-order valence-electron chi connectivity index (χ0n) is 21.3. The smallest absolute Gasteiger partial charge is 0.457 e. The Kier molecular flexibility index (Phi) is 8.84. The summed E-state index contributed by atoms with van der Waals surface area (Å²) in [4.78, 5) is 1.74. The van der Waals surface area contributed by atoms with Crippen LogP contribution in [-0.4, -0.2) is 23.9 Å². The zero-order chi connectivity index (χ0) is 27.4. The first-order valence-electron chi connectivity index (χ1n) is 12.1. The van der Waals surface area contributed by atoms with Gasteiger partial charge in [0.2, 0.25) is 0 Å². The molecule has 3 aromatic rings. The number of halogens is 5. The monoisotopic (exact) mass is 521 g/mol. The summed E-state index contributed by atoms with van der Waals surface area (Å²) in [6, 6.07) is 19.1. The molecule has 0 saturated carbocycles. The van der Waals surface area contributed by atoms with E-state index in [0.717, 1.165) is 17.7 Å². The van der Waals surface area contributed by atoms with Crippen molar-refractivity contribution in [1.29, 1.82) is 0 Å². The lowest BCUT2D eigenvalue weighted by Crippen LogP contribution is -2.35. The van der Waals surface area contributed by atoms with E-state index in [1.54, 1.807) is 29.2 Å². The van der Waals surface area contributed by atoms with Gasteiger partial charge in [-0.05, 0) is 53.3 Å². The largest absolute Gasteiger partial charge is 0.458 e. The summed E-state index contributed by atoms with van der Waals surface area (Å²) in [6.45, 7) is 8.00. The molecule has 0 aliphatic rings. The van der Waals surface area contributed by atoms with E-state index >= 15 is 0 Å². The van der Waals surface area contributed by atoms with Gasteiger partial charge in [0.05, 0.1) is 6.10 Å². The van der Waals surface area contributed by atoms with E-state index < -0.39 is 23.8 Å². The van der Waals surface area contributed by atoms with Gasteiger partial charge in [-0.1, -0.05) is 64.1 Å². The molecule has 0 aromatic heterocycles. The fourth-order valence-electron chi connectivity index (χ4n) is 3.76. The summed E-state index contributed by atoms with van der Waals surface area (Å²) in [5, 5.41) is 10.6. The van der Waals surface area contributed by atoms with Crippen LogP contribution in [0.2, 0.25) is 0 Å². The van der Waals surface area contributed by atoms with Crippen LogP contribution in [0.25, 0.3) is 0 Å². The predicted molar refractivity (Wildman–Crippen MR) is 135 cm³/mol. The van der Waals surface area contributed by atoms with Gasteiger partial charge in [0, 0.05) is 30.4 Å². The number of hydrogen-bond acceptors (Lipinski definition) is 3. The molecule has 1 N–H and O–H groups in total. The quantitative estimate of drug-likeness (QED) is 0.273. The van der Waals surface area contributed by atoms with Crippen LogP contribution in [0.5, 0.6) is 11.5 Å². The lowest BCUT2D eigenvalue weighted by Gasteiger charge is -2.30. The van der Waals surface area contributed by atoms with Gasteiger partial charge < -0.3 is 14.7 Å². The van der Waals surface area contributed by atoms with Crippen molar-refractivity contribution in [2.24, 2.45) is 5.92 Å². The standard InChI is InChI=1S/C29H32F5NO2/c1-19(2)22-9-6-12-25(15-22)37-26-13-7-11-24(16-26)35(18-27(36)20(3)4)17-21-8-5-10-23(14-21)28(30,31)29(32,33)34/h5-16,19-20,27,36H,17-18H2,1-4H3. The summed E-state index contributed by atoms with van der Waals surface area (Å²) in [7, 11) is 0. The molecule has 0 spiro atoms. The van der Waals surface area contributed by atoms with Crippen LogP contribution < -0.4 is 9.64 Å². The van der Waals surface area contributed by atoms with Crippen molar-refractivity contribution >= 4 is 5.69 Å². The summed E-state index contributed by atoms with van der Waals surface area (Å²) in [6.07, 6.45) is -6.45. The first kappa shape index (κ1) is 28.4. The number of ether oxygens (including phenoxy) is 1. The second-order valence-corrected chi connectivity index (χ2v) is 9.79. The molecule has 3 nitrogen and oxygen atoms in total. The summed E-state index contributed by atoms with van der Waals surface area (Å²) >= 11 is 0. The Balaban J connectivity index is 1.91. The Hall–Kier alpha value is -3.13. The minimum Gasteiger partial charge on any atom is -0.457 e. The van der Waals surface area contributed by atoms with E-state index in [9.17, 15) is 27.1 Å². The summed E-state index contributed by atoms with van der Waals surface area (Å²) < 4.78 is 72.7. The van der Waals surface area contributed by atoms with Gasteiger partial charge in [-0.15, -0.1) is 0 Å². The van der Waals surface area contributed by atoms with Gasteiger partial charge in [-0.2, -0.15) is 22.0 Å². The average Bonchev–Trinajstić information content (AvgIpc) is 2.83. The number of rotatable bonds is 10. The molecule has 0 aliphatic heterocycles. The van der Waals surface area contributed by atoms with Crippen LogP contribution in [0.15, 0.2) is 72.8 Å². The molecule has 0 aliphatic carbocycles. The van der Waals surface area contributed by atoms with Gasteiger partial charge in [0.15, 0.2) is 0 Å². The van der Waals surface area contributed by atoms with Crippen molar-refractivity contribution in [2.75, 3.05) is 11.4 Å². The Morgan fingerprint density at radius 1 is 0.811 bits per heavy atom. The SMILES string of the molecule is CC(C)c1cccc(Oc2cccc(N(Cc3cccc(C(F)(F)C(F)(F)F)c3)CC(O)C(C)C)c2)c1. The molecule has 0 fully saturated rings. The highest BCUT2D eigenvalue weighted by Gasteiger charge is 2.58. The van der Waals surface area contributed by atoms with E-state index in [4.69, 9.17) is 4.74 Å². The molecule has 8 heteroatoms. The Morgan fingerprint density at radius 3 is 2.05 bits per heavy atom. The number of aliphatic hydroxyl groups excluding tert-OH is 1. The lowest BCUT2D eigenvalue weighted by atomic mass is 10.0. The Morgan fingerprint density at radius 2 is 1.43 bits per heavy atom. The maximum Gasteiger partial charge on any atom is 0.458 e. The van der Waals surface area contributed by atoms with Crippen LogP contribution in [0.3, 0.4) is 0 Å². The molecule has 200 valence electrons. The molecule has 0 radical (unpaired) electrons. The Labute approximate surface area is 214 Å². The first-order chi connectivity index (χ1) is 17.3. The van der Waals surface area contributed by atoms with Crippen LogP contribution in [0, 0.1) is 5.92 Å². The minimum absolute atomic E-state index is 0.0118. The van der Waals surface area contributed by atoms with Crippen molar-refractivity contribution in [3.63, 3.8) is 0 Å². The molecular formula is C29H32F5NO2. The average molecular weight is 522 g/mol. The number of aliphatic hydroxyl groups is 1. The van der Waals surface area contributed by atoms with E-state index in [1.165, 1.54) is 12.1 Å². The Bertz CT molecular complexity index is 1180. The second kappa shape index (κ2) is 11.5. The van der Waals surface area contributed by atoms with E-state index in [0.29, 0.717) is 23.1 Å².